The van der Waals surface area contributed by atoms with Crippen molar-refractivity contribution in [2.24, 2.45) is 0 Å². The van der Waals surface area contributed by atoms with Gasteiger partial charge in [0.15, 0.2) is 5.78 Å². The number of hydrogen-bond acceptors (Lipinski definition) is 2. The number of carbonyl (C=O) groups is 2. The van der Waals surface area contributed by atoms with Crippen LogP contribution >= 0.6 is 0 Å². The summed E-state index contributed by atoms with van der Waals surface area (Å²) in [5.74, 6) is -0.294. The zero-order valence-electron chi connectivity index (χ0n) is 9.96. The minimum absolute atomic E-state index is 0.105. The van der Waals surface area contributed by atoms with E-state index in [1.807, 2.05) is 6.92 Å². The van der Waals surface area contributed by atoms with Crippen molar-refractivity contribution in [3.05, 3.63) is 23.8 Å². The predicted molar refractivity (Wildman–Crippen MR) is 61.5 cm³/mol. The summed E-state index contributed by atoms with van der Waals surface area (Å²) in [6.45, 7) is 9.51. The topological polar surface area (TPSA) is 37.4 Å². The molecule has 0 aliphatic rings. The van der Waals surface area contributed by atoms with Crippen LogP contribution in [0.4, 0.5) is 0 Å². The van der Waals surface area contributed by atoms with E-state index < -0.39 is 0 Å². The lowest BCUT2D eigenvalue weighted by molar-refractivity contribution is -0.126. The number of likely N-dealkylation sites (N-methyl/N-ethyl adjacent to an activating group) is 1. The highest BCUT2D eigenvalue weighted by atomic mass is 16.2. The number of hydrogen-bond donors (Lipinski definition) is 0. The molecule has 0 unspecified atom stereocenters. The molecule has 0 aliphatic heterocycles. The fourth-order valence-electron chi connectivity index (χ4n) is 1.12. The van der Waals surface area contributed by atoms with Crippen molar-refractivity contribution in [1.29, 1.82) is 0 Å². The first-order valence-corrected chi connectivity index (χ1v) is 5.03. The van der Waals surface area contributed by atoms with Gasteiger partial charge >= 0.3 is 0 Å². The third-order valence-corrected chi connectivity index (χ3v) is 2.01. The molecule has 15 heavy (non-hydrogen) atoms. The molecule has 0 saturated heterocycles. The zero-order valence-corrected chi connectivity index (χ0v) is 9.96. The van der Waals surface area contributed by atoms with Crippen LogP contribution < -0.4 is 0 Å². The quantitative estimate of drug-likeness (QED) is 0.649. The van der Waals surface area contributed by atoms with E-state index in [-0.39, 0.29) is 11.7 Å². The third kappa shape index (κ3) is 4.58. The van der Waals surface area contributed by atoms with E-state index in [1.54, 1.807) is 25.8 Å². The first-order chi connectivity index (χ1) is 6.90. The van der Waals surface area contributed by atoms with Gasteiger partial charge in [-0.25, -0.2) is 0 Å². The van der Waals surface area contributed by atoms with Gasteiger partial charge < -0.3 is 4.90 Å². The molecule has 3 nitrogen and oxygen atoms in total. The van der Waals surface area contributed by atoms with Crippen LogP contribution in [0.1, 0.15) is 27.2 Å². The molecule has 0 radical (unpaired) electrons. The Kier molecular flexibility index (Phi) is 5.60. The van der Waals surface area contributed by atoms with Crippen molar-refractivity contribution in [2.45, 2.75) is 27.2 Å². The lowest BCUT2D eigenvalue weighted by Crippen LogP contribution is -2.28. The van der Waals surface area contributed by atoms with Gasteiger partial charge in [-0.15, -0.1) is 0 Å². The standard InChI is InChI=1S/C12H19NO2/c1-6-7-13(5)12(15)10(4)8-11(14)9(2)3/h8H,2,6-7H2,1,3-5H3/b10-8+. The van der Waals surface area contributed by atoms with Gasteiger partial charge in [0.1, 0.15) is 0 Å². The molecule has 3 heteroatoms. The van der Waals surface area contributed by atoms with E-state index in [1.165, 1.54) is 6.08 Å². The Morgan fingerprint density at radius 3 is 2.27 bits per heavy atom. The highest BCUT2D eigenvalue weighted by Gasteiger charge is 2.11. The molecule has 0 aromatic carbocycles. The SMILES string of the molecule is C=C(C)C(=O)/C=C(\C)C(=O)N(C)CCC. The van der Waals surface area contributed by atoms with Crippen molar-refractivity contribution in [1.82, 2.24) is 4.90 Å². The molecule has 0 fully saturated rings. The smallest absolute Gasteiger partial charge is 0.249 e. The summed E-state index contributed by atoms with van der Waals surface area (Å²) in [6, 6.07) is 0. The molecule has 0 bridgehead atoms. The lowest BCUT2D eigenvalue weighted by atomic mass is 10.1. The Morgan fingerprint density at radius 2 is 1.87 bits per heavy atom. The average Bonchev–Trinajstić information content (AvgIpc) is 2.16. The molecule has 0 atom stereocenters. The minimum atomic E-state index is -0.189. The number of nitrogens with zero attached hydrogens (tertiary/aromatic N) is 1. The summed E-state index contributed by atoms with van der Waals surface area (Å²) in [5.41, 5.74) is 0.902. The average molecular weight is 209 g/mol. The maximum atomic E-state index is 11.7. The lowest BCUT2D eigenvalue weighted by Gasteiger charge is -2.16. The molecule has 0 aromatic heterocycles. The number of carbonyl (C=O) groups excluding carboxylic acids is 2. The molecular weight excluding hydrogens is 190 g/mol. The van der Waals surface area contributed by atoms with Crippen molar-refractivity contribution >= 4 is 11.7 Å². The van der Waals surface area contributed by atoms with Crippen LogP contribution in [0.5, 0.6) is 0 Å². The molecule has 1 amide bonds. The number of rotatable bonds is 5. The maximum absolute atomic E-state index is 11.7. The van der Waals surface area contributed by atoms with Crippen LogP contribution in [0.15, 0.2) is 23.8 Å². The molecule has 0 heterocycles. The van der Waals surface area contributed by atoms with E-state index in [4.69, 9.17) is 0 Å². The summed E-state index contributed by atoms with van der Waals surface area (Å²) in [4.78, 5) is 24.6. The van der Waals surface area contributed by atoms with Crippen molar-refractivity contribution in [3.8, 4) is 0 Å². The summed E-state index contributed by atoms with van der Waals surface area (Å²) >= 11 is 0. The number of ketones is 1. The van der Waals surface area contributed by atoms with Gasteiger partial charge in [-0.1, -0.05) is 13.5 Å². The second kappa shape index (κ2) is 6.17. The molecule has 0 spiro atoms. The zero-order chi connectivity index (χ0) is 12.0. The van der Waals surface area contributed by atoms with Gasteiger partial charge in [0.05, 0.1) is 0 Å². The normalized spacial score (nSPS) is 11.1. The Bertz CT molecular complexity index is 303. The van der Waals surface area contributed by atoms with Gasteiger partial charge in [-0.05, 0) is 31.9 Å². The molecule has 0 N–H and O–H groups in total. The number of amides is 1. The second-order valence-corrected chi connectivity index (χ2v) is 3.70. The van der Waals surface area contributed by atoms with Crippen LogP contribution in [0, 0.1) is 0 Å². The molecule has 0 rings (SSSR count). The van der Waals surface area contributed by atoms with E-state index >= 15 is 0 Å². The van der Waals surface area contributed by atoms with Crippen LogP contribution in [0.2, 0.25) is 0 Å². The predicted octanol–water partition coefficient (Wildman–Crippen LogP) is 1.95. The fourth-order valence-corrected chi connectivity index (χ4v) is 1.12. The van der Waals surface area contributed by atoms with Crippen LogP contribution in [-0.4, -0.2) is 30.2 Å². The van der Waals surface area contributed by atoms with Crippen LogP contribution in [0.25, 0.3) is 0 Å². The minimum Gasteiger partial charge on any atom is -0.342 e. The first-order valence-electron chi connectivity index (χ1n) is 5.03. The van der Waals surface area contributed by atoms with Gasteiger partial charge in [0.2, 0.25) is 5.91 Å². The highest BCUT2D eigenvalue weighted by molar-refractivity contribution is 6.08. The van der Waals surface area contributed by atoms with Gasteiger partial charge in [-0.3, -0.25) is 9.59 Å². The monoisotopic (exact) mass is 209 g/mol. The molecule has 0 saturated carbocycles. The first kappa shape index (κ1) is 13.6. The molecule has 0 aliphatic carbocycles. The Labute approximate surface area is 91.5 Å². The summed E-state index contributed by atoms with van der Waals surface area (Å²) in [6.07, 6.45) is 2.25. The maximum Gasteiger partial charge on any atom is 0.249 e. The summed E-state index contributed by atoms with van der Waals surface area (Å²) in [7, 11) is 1.73. The van der Waals surface area contributed by atoms with Gasteiger partial charge in [0.25, 0.3) is 0 Å². The molecular formula is C12H19NO2. The Balaban J connectivity index is 4.57. The molecule has 84 valence electrons. The number of allylic oxidation sites excluding steroid dienone is 2. The van der Waals surface area contributed by atoms with Gasteiger partial charge in [0, 0.05) is 19.2 Å². The third-order valence-electron chi connectivity index (χ3n) is 2.01. The summed E-state index contributed by atoms with van der Waals surface area (Å²) < 4.78 is 0. The van der Waals surface area contributed by atoms with Crippen LogP contribution in [0.3, 0.4) is 0 Å². The van der Waals surface area contributed by atoms with E-state index in [0.29, 0.717) is 17.7 Å². The van der Waals surface area contributed by atoms with E-state index in [9.17, 15) is 9.59 Å². The second-order valence-electron chi connectivity index (χ2n) is 3.70. The van der Waals surface area contributed by atoms with Crippen molar-refractivity contribution in [2.75, 3.05) is 13.6 Å². The molecule has 0 aromatic rings. The summed E-state index contributed by atoms with van der Waals surface area (Å²) in [5, 5.41) is 0. The van der Waals surface area contributed by atoms with E-state index in [0.717, 1.165) is 6.42 Å². The van der Waals surface area contributed by atoms with Gasteiger partial charge in [-0.2, -0.15) is 0 Å². The van der Waals surface area contributed by atoms with Crippen molar-refractivity contribution < 1.29 is 9.59 Å². The Morgan fingerprint density at radius 1 is 1.33 bits per heavy atom. The van der Waals surface area contributed by atoms with E-state index in [2.05, 4.69) is 6.58 Å². The fraction of sp³-hybridized carbons (Fsp3) is 0.500. The van der Waals surface area contributed by atoms with Crippen molar-refractivity contribution in [3.63, 3.8) is 0 Å². The van der Waals surface area contributed by atoms with Crippen LogP contribution in [-0.2, 0) is 9.59 Å². The highest BCUT2D eigenvalue weighted by Crippen LogP contribution is 2.03. The largest absolute Gasteiger partial charge is 0.342 e. The Hall–Kier alpha value is -1.38.